The summed E-state index contributed by atoms with van der Waals surface area (Å²) >= 11 is 0. The zero-order valence-electron chi connectivity index (χ0n) is 44.0. The summed E-state index contributed by atoms with van der Waals surface area (Å²) in [5, 5.41) is 0. The van der Waals surface area contributed by atoms with Crippen LogP contribution in [0, 0.1) is 0 Å². The molecule has 384 valence electrons. The van der Waals surface area contributed by atoms with Gasteiger partial charge in [-0.15, -0.1) is 0 Å². The van der Waals surface area contributed by atoms with Crippen molar-refractivity contribution in [2.75, 3.05) is 13.2 Å². The number of hydrogen-bond acceptors (Lipinski definition) is 6. The number of carbonyl (C=O) groups excluding carboxylic acids is 3. The maximum Gasteiger partial charge on any atom is 0.306 e. The van der Waals surface area contributed by atoms with Crippen molar-refractivity contribution < 1.29 is 28.6 Å². The van der Waals surface area contributed by atoms with Crippen molar-refractivity contribution in [2.45, 2.75) is 335 Å². The molecule has 0 radical (unpaired) electrons. The molecule has 0 spiro atoms. The van der Waals surface area contributed by atoms with Gasteiger partial charge in [0.15, 0.2) is 6.10 Å². The number of carbonyl (C=O) groups is 3. The highest BCUT2D eigenvalue weighted by Crippen LogP contribution is 2.17. The Morgan fingerprint density at radius 2 is 0.508 bits per heavy atom. The number of unbranched alkanes of at least 4 members (excludes halogenated alkanes) is 41. The van der Waals surface area contributed by atoms with Crippen molar-refractivity contribution in [3.63, 3.8) is 0 Å². The van der Waals surface area contributed by atoms with Crippen LogP contribution in [0.3, 0.4) is 0 Å². The van der Waals surface area contributed by atoms with Crippen molar-refractivity contribution in [3.8, 4) is 0 Å². The second-order valence-corrected chi connectivity index (χ2v) is 19.9. The largest absolute Gasteiger partial charge is 0.462 e. The van der Waals surface area contributed by atoms with E-state index in [1.54, 1.807) is 0 Å². The lowest BCUT2D eigenvalue weighted by Crippen LogP contribution is -2.30. The molecule has 0 rings (SSSR count). The van der Waals surface area contributed by atoms with Crippen molar-refractivity contribution >= 4 is 17.9 Å². The lowest BCUT2D eigenvalue weighted by molar-refractivity contribution is -0.167. The molecular weight excluding hydrogens is 805 g/mol. The molecule has 0 heterocycles. The second-order valence-electron chi connectivity index (χ2n) is 19.9. The van der Waals surface area contributed by atoms with Crippen LogP contribution in [0.25, 0.3) is 0 Å². The molecule has 0 unspecified atom stereocenters. The van der Waals surface area contributed by atoms with Crippen LogP contribution in [0.5, 0.6) is 0 Å². The first kappa shape index (κ1) is 63.1. The van der Waals surface area contributed by atoms with Gasteiger partial charge in [0, 0.05) is 19.3 Å². The fourth-order valence-corrected chi connectivity index (χ4v) is 8.85. The summed E-state index contributed by atoms with van der Waals surface area (Å²) in [6, 6.07) is 0. The lowest BCUT2D eigenvalue weighted by Gasteiger charge is -2.18. The third-order valence-electron chi connectivity index (χ3n) is 13.3. The maximum atomic E-state index is 12.8. The van der Waals surface area contributed by atoms with E-state index in [4.69, 9.17) is 14.2 Å². The molecule has 0 aromatic rings. The quantitative estimate of drug-likeness (QED) is 0.0262. The molecule has 6 nitrogen and oxygen atoms in total. The van der Waals surface area contributed by atoms with E-state index in [0.29, 0.717) is 19.3 Å². The van der Waals surface area contributed by atoms with Crippen molar-refractivity contribution in [3.05, 3.63) is 12.2 Å². The van der Waals surface area contributed by atoms with Gasteiger partial charge in [0.2, 0.25) is 0 Å². The van der Waals surface area contributed by atoms with E-state index in [9.17, 15) is 14.4 Å². The van der Waals surface area contributed by atoms with Gasteiger partial charge in [-0.05, 0) is 44.9 Å². The van der Waals surface area contributed by atoms with E-state index >= 15 is 0 Å². The normalized spacial score (nSPS) is 12.0. The zero-order chi connectivity index (χ0) is 47.2. The Labute approximate surface area is 405 Å². The third kappa shape index (κ3) is 53.0. The van der Waals surface area contributed by atoms with E-state index in [1.807, 2.05) is 0 Å². The number of hydrogen-bond donors (Lipinski definition) is 0. The first-order chi connectivity index (χ1) is 32.0. The summed E-state index contributed by atoms with van der Waals surface area (Å²) in [7, 11) is 0. The summed E-state index contributed by atoms with van der Waals surface area (Å²) in [6.45, 7) is 6.67. The van der Waals surface area contributed by atoms with Crippen LogP contribution in [0.15, 0.2) is 12.2 Å². The van der Waals surface area contributed by atoms with Gasteiger partial charge in [-0.2, -0.15) is 0 Å². The summed E-state index contributed by atoms with van der Waals surface area (Å²) in [5.41, 5.74) is 0. The standard InChI is InChI=1S/C59H112O6/c1-4-7-10-13-16-19-22-24-26-27-28-29-30-31-33-35-38-40-43-46-49-52-58(61)64-55-56(65-59(62)53-50-47-44-41-36-21-18-15-12-9-6-3)54-63-57(60)51-48-45-42-39-37-34-32-25-23-20-17-14-11-8-5-2/h25,32,56H,4-24,26-31,33-55H2,1-3H3/b32-25-/t56-/m1/s1. The molecule has 0 N–H and O–H groups in total. The first-order valence-electron chi connectivity index (χ1n) is 29.2. The number of allylic oxidation sites excluding steroid dienone is 2. The van der Waals surface area contributed by atoms with E-state index < -0.39 is 6.10 Å². The fourth-order valence-electron chi connectivity index (χ4n) is 8.85. The molecule has 1 atom stereocenters. The number of ether oxygens (including phenoxy) is 3. The van der Waals surface area contributed by atoms with Crippen LogP contribution in [0.4, 0.5) is 0 Å². The second kappa shape index (κ2) is 54.8. The van der Waals surface area contributed by atoms with Gasteiger partial charge in [0.1, 0.15) is 13.2 Å². The van der Waals surface area contributed by atoms with Gasteiger partial charge in [-0.25, -0.2) is 0 Å². The molecule has 0 saturated carbocycles. The SMILES string of the molecule is CCCCCCCC/C=C\CCCCCCCC(=O)OC[C@H](COC(=O)CCCCCCCCCCCCCCCCCCCCCCC)OC(=O)CCCCCCCCCCCCC. The average Bonchev–Trinajstić information content (AvgIpc) is 3.30. The molecule has 0 aliphatic carbocycles. The van der Waals surface area contributed by atoms with Crippen LogP contribution in [0.1, 0.15) is 329 Å². The van der Waals surface area contributed by atoms with Crippen molar-refractivity contribution in [1.29, 1.82) is 0 Å². The predicted molar refractivity (Wildman–Crippen MR) is 280 cm³/mol. The topological polar surface area (TPSA) is 78.9 Å². The minimum atomic E-state index is -0.767. The highest BCUT2D eigenvalue weighted by molar-refractivity contribution is 5.71. The van der Waals surface area contributed by atoms with Gasteiger partial charge >= 0.3 is 17.9 Å². The molecule has 0 amide bonds. The predicted octanol–water partition coefficient (Wildman–Crippen LogP) is 19.3. The molecular formula is C59H112O6. The Bertz CT molecular complexity index is 1010. The highest BCUT2D eigenvalue weighted by atomic mass is 16.6. The third-order valence-corrected chi connectivity index (χ3v) is 13.3. The van der Waals surface area contributed by atoms with Gasteiger partial charge < -0.3 is 14.2 Å². The van der Waals surface area contributed by atoms with Gasteiger partial charge in [0.25, 0.3) is 0 Å². The summed E-state index contributed by atoms with van der Waals surface area (Å²) in [6.07, 6.45) is 62.1. The van der Waals surface area contributed by atoms with Gasteiger partial charge in [0.05, 0.1) is 0 Å². The van der Waals surface area contributed by atoms with Crippen LogP contribution in [-0.4, -0.2) is 37.2 Å². The van der Waals surface area contributed by atoms with Crippen LogP contribution >= 0.6 is 0 Å². The van der Waals surface area contributed by atoms with E-state index in [-0.39, 0.29) is 31.1 Å². The first-order valence-corrected chi connectivity index (χ1v) is 29.2. The summed E-state index contributed by atoms with van der Waals surface area (Å²) in [4.78, 5) is 38.1. The minimum absolute atomic E-state index is 0.0667. The minimum Gasteiger partial charge on any atom is -0.462 e. The number of rotatable bonds is 54. The lowest BCUT2D eigenvalue weighted by atomic mass is 10.0. The zero-order valence-corrected chi connectivity index (χ0v) is 44.0. The van der Waals surface area contributed by atoms with Gasteiger partial charge in [-0.3, -0.25) is 14.4 Å². The molecule has 0 fully saturated rings. The monoisotopic (exact) mass is 917 g/mol. The molecule has 65 heavy (non-hydrogen) atoms. The average molecular weight is 918 g/mol. The molecule has 0 saturated heterocycles. The number of esters is 3. The molecule has 0 aromatic heterocycles. The van der Waals surface area contributed by atoms with Crippen LogP contribution in [0.2, 0.25) is 0 Å². The van der Waals surface area contributed by atoms with Crippen molar-refractivity contribution in [2.24, 2.45) is 0 Å². The van der Waals surface area contributed by atoms with E-state index in [0.717, 1.165) is 64.2 Å². The molecule has 0 bridgehead atoms. The Hall–Kier alpha value is -1.85. The molecule has 6 heteroatoms. The maximum absolute atomic E-state index is 12.8. The van der Waals surface area contributed by atoms with Gasteiger partial charge in [-0.1, -0.05) is 277 Å². The van der Waals surface area contributed by atoms with Crippen LogP contribution < -0.4 is 0 Å². The van der Waals surface area contributed by atoms with Crippen molar-refractivity contribution in [1.82, 2.24) is 0 Å². The van der Waals surface area contributed by atoms with Crippen LogP contribution in [-0.2, 0) is 28.6 Å². The Balaban J connectivity index is 4.22. The summed E-state index contributed by atoms with van der Waals surface area (Å²) < 4.78 is 16.9. The molecule has 0 aliphatic heterocycles. The van der Waals surface area contributed by atoms with E-state index in [1.165, 1.54) is 225 Å². The highest BCUT2D eigenvalue weighted by Gasteiger charge is 2.19. The molecule has 0 aliphatic rings. The Morgan fingerprint density at radius 3 is 0.769 bits per heavy atom. The van der Waals surface area contributed by atoms with E-state index in [2.05, 4.69) is 32.9 Å². The molecule has 0 aromatic carbocycles. The Morgan fingerprint density at radius 1 is 0.292 bits per heavy atom. The summed E-state index contributed by atoms with van der Waals surface area (Å²) in [5.74, 6) is -0.853. The smallest absolute Gasteiger partial charge is 0.306 e. The Kier molecular flexibility index (Phi) is 53.2. The fraction of sp³-hybridized carbons (Fsp3) is 0.915.